The van der Waals surface area contributed by atoms with Crippen molar-refractivity contribution in [3.05, 3.63) is 96.1 Å². The van der Waals surface area contributed by atoms with E-state index in [0.717, 1.165) is 0 Å². The van der Waals surface area contributed by atoms with Crippen LogP contribution in [0.15, 0.2) is 89.8 Å². The average molecular weight is 396 g/mol. The Balaban J connectivity index is 1.75. The summed E-state index contributed by atoms with van der Waals surface area (Å²) in [5, 5.41) is 0. The van der Waals surface area contributed by atoms with Gasteiger partial charge in [0.05, 0.1) is 21.7 Å². The molecule has 0 aliphatic carbocycles. The zero-order valence-corrected chi connectivity index (χ0v) is 15.3. The minimum Gasteiger partial charge on any atom is -0.335 e. The zero-order chi connectivity index (χ0) is 20.0. The second kappa shape index (κ2) is 8.36. The Hall–Kier alpha value is -3.65. The van der Waals surface area contributed by atoms with Gasteiger partial charge in [-0.1, -0.05) is 48.5 Å². The first-order valence-electron chi connectivity index (χ1n) is 8.21. The molecule has 0 heterocycles. The van der Waals surface area contributed by atoms with Crippen molar-refractivity contribution in [3.63, 3.8) is 0 Å². The van der Waals surface area contributed by atoms with Crippen LogP contribution >= 0.6 is 0 Å². The Morgan fingerprint density at radius 1 is 0.750 bits per heavy atom. The van der Waals surface area contributed by atoms with E-state index >= 15 is 0 Å². The zero-order valence-electron chi connectivity index (χ0n) is 14.5. The molecule has 28 heavy (non-hydrogen) atoms. The van der Waals surface area contributed by atoms with Gasteiger partial charge in [0.2, 0.25) is 0 Å². The van der Waals surface area contributed by atoms with E-state index < -0.39 is 21.9 Å². The van der Waals surface area contributed by atoms with Gasteiger partial charge >= 0.3 is 5.97 Å². The lowest BCUT2D eigenvalue weighted by Gasteiger charge is -2.12. The number of carbonyl (C=O) groups is 2. The molecule has 7 nitrogen and oxygen atoms in total. The molecule has 0 aliphatic heterocycles. The maximum absolute atomic E-state index is 12.5. The topological polar surface area (TPSA) is 102 Å². The number of carbonyl (C=O) groups excluding carboxylic acids is 2. The molecule has 0 bridgehead atoms. The number of amides is 1. The monoisotopic (exact) mass is 396 g/mol. The van der Waals surface area contributed by atoms with E-state index in [-0.39, 0.29) is 21.7 Å². The van der Waals surface area contributed by atoms with Crippen LogP contribution in [0, 0.1) is 0 Å². The van der Waals surface area contributed by atoms with Crippen molar-refractivity contribution in [1.29, 1.82) is 0 Å². The van der Waals surface area contributed by atoms with E-state index in [9.17, 15) is 18.0 Å². The molecular weight excluding hydrogens is 380 g/mol. The Labute approximate surface area is 162 Å². The summed E-state index contributed by atoms with van der Waals surface area (Å²) in [5.74, 6) is -1.51. The third kappa shape index (κ3) is 4.54. The van der Waals surface area contributed by atoms with Gasteiger partial charge < -0.3 is 4.84 Å². The highest BCUT2D eigenvalue weighted by Crippen LogP contribution is 2.20. The molecule has 0 saturated heterocycles. The fourth-order valence-corrected chi connectivity index (χ4v) is 3.46. The van der Waals surface area contributed by atoms with Crippen LogP contribution in [0.25, 0.3) is 0 Å². The molecule has 0 aliphatic rings. The third-order valence-electron chi connectivity index (χ3n) is 3.72. The van der Waals surface area contributed by atoms with Crippen LogP contribution in [0.2, 0.25) is 0 Å². The van der Waals surface area contributed by atoms with Gasteiger partial charge in [-0.3, -0.25) is 9.52 Å². The van der Waals surface area contributed by atoms with Gasteiger partial charge in [-0.25, -0.2) is 13.2 Å². The van der Waals surface area contributed by atoms with Crippen LogP contribution in [0.4, 0.5) is 5.69 Å². The van der Waals surface area contributed by atoms with Crippen molar-refractivity contribution < 1.29 is 22.8 Å². The van der Waals surface area contributed by atoms with Gasteiger partial charge in [0, 0.05) is 0 Å². The van der Waals surface area contributed by atoms with Crippen LogP contribution in [-0.4, -0.2) is 20.3 Å². The number of hydroxylamine groups is 1. The molecule has 0 unspecified atom stereocenters. The highest BCUT2D eigenvalue weighted by molar-refractivity contribution is 7.92. The smallest absolute Gasteiger partial charge is 0.335 e. The molecule has 1 amide bonds. The summed E-state index contributed by atoms with van der Waals surface area (Å²) in [6.45, 7) is 0. The largest absolute Gasteiger partial charge is 0.362 e. The molecule has 3 aromatic carbocycles. The molecule has 0 saturated carbocycles. The van der Waals surface area contributed by atoms with E-state index in [2.05, 4.69) is 4.72 Å². The Kier molecular flexibility index (Phi) is 5.71. The molecule has 3 rings (SSSR count). The van der Waals surface area contributed by atoms with E-state index in [0.29, 0.717) is 0 Å². The van der Waals surface area contributed by atoms with Gasteiger partial charge in [-0.15, -0.1) is 0 Å². The lowest BCUT2D eigenvalue weighted by molar-refractivity contribution is 0.0230. The quantitative estimate of drug-likeness (QED) is 0.646. The van der Waals surface area contributed by atoms with Crippen molar-refractivity contribution in [2.24, 2.45) is 0 Å². The van der Waals surface area contributed by atoms with Crippen LogP contribution in [-0.2, 0) is 14.9 Å². The summed E-state index contributed by atoms with van der Waals surface area (Å²) in [6.07, 6.45) is 0. The molecular formula is C20H16N2O5S. The number of hydrogen-bond donors (Lipinski definition) is 2. The van der Waals surface area contributed by atoms with Crippen LogP contribution < -0.4 is 10.2 Å². The summed E-state index contributed by atoms with van der Waals surface area (Å²) in [6, 6.07) is 21.9. The summed E-state index contributed by atoms with van der Waals surface area (Å²) in [5.41, 5.74) is 2.36. The molecule has 0 atom stereocenters. The summed E-state index contributed by atoms with van der Waals surface area (Å²) >= 11 is 0. The van der Waals surface area contributed by atoms with Crippen LogP contribution in [0.3, 0.4) is 0 Å². The first-order chi connectivity index (χ1) is 13.5. The first-order valence-corrected chi connectivity index (χ1v) is 9.69. The molecule has 0 aromatic heterocycles. The Morgan fingerprint density at radius 2 is 1.32 bits per heavy atom. The number of rotatable bonds is 5. The molecule has 0 radical (unpaired) electrons. The van der Waals surface area contributed by atoms with Gasteiger partial charge in [0.25, 0.3) is 15.9 Å². The molecule has 8 heteroatoms. The number of benzene rings is 3. The van der Waals surface area contributed by atoms with Gasteiger partial charge in [-0.2, -0.15) is 5.48 Å². The van der Waals surface area contributed by atoms with Gasteiger partial charge in [0.15, 0.2) is 0 Å². The molecule has 0 spiro atoms. The second-order valence-electron chi connectivity index (χ2n) is 5.65. The van der Waals surface area contributed by atoms with E-state index in [1.807, 2.05) is 5.48 Å². The highest BCUT2D eigenvalue weighted by atomic mass is 32.2. The maximum Gasteiger partial charge on any atom is 0.362 e. The Bertz CT molecular complexity index is 1080. The van der Waals surface area contributed by atoms with E-state index in [1.165, 1.54) is 36.4 Å². The van der Waals surface area contributed by atoms with Crippen LogP contribution in [0.5, 0.6) is 0 Å². The minimum atomic E-state index is -3.88. The van der Waals surface area contributed by atoms with Crippen molar-refractivity contribution in [2.75, 3.05) is 4.72 Å². The number of hydrogen-bond acceptors (Lipinski definition) is 5. The molecule has 142 valence electrons. The van der Waals surface area contributed by atoms with Crippen molar-refractivity contribution in [2.45, 2.75) is 4.90 Å². The number of anilines is 1. The maximum atomic E-state index is 12.5. The predicted molar refractivity (Wildman–Crippen MR) is 103 cm³/mol. The molecule has 2 N–H and O–H groups in total. The molecule has 3 aromatic rings. The summed E-state index contributed by atoms with van der Waals surface area (Å²) in [7, 11) is -3.88. The highest BCUT2D eigenvalue weighted by Gasteiger charge is 2.19. The lowest BCUT2D eigenvalue weighted by atomic mass is 10.2. The molecule has 0 fully saturated rings. The van der Waals surface area contributed by atoms with Crippen molar-refractivity contribution >= 4 is 27.6 Å². The second-order valence-corrected chi connectivity index (χ2v) is 7.33. The van der Waals surface area contributed by atoms with E-state index in [1.54, 1.807) is 48.5 Å². The van der Waals surface area contributed by atoms with Gasteiger partial charge in [0.1, 0.15) is 0 Å². The fraction of sp³-hybridized carbons (Fsp3) is 0. The lowest BCUT2D eigenvalue weighted by Crippen LogP contribution is -2.28. The van der Waals surface area contributed by atoms with Gasteiger partial charge in [-0.05, 0) is 36.4 Å². The average Bonchev–Trinajstić information content (AvgIpc) is 2.73. The van der Waals surface area contributed by atoms with Crippen molar-refractivity contribution in [3.8, 4) is 0 Å². The fourth-order valence-electron chi connectivity index (χ4n) is 2.35. The summed E-state index contributed by atoms with van der Waals surface area (Å²) in [4.78, 5) is 29.2. The number of sulfonamides is 1. The number of para-hydroxylation sites is 1. The van der Waals surface area contributed by atoms with Crippen molar-refractivity contribution in [1.82, 2.24) is 5.48 Å². The first kappa shape index (κ1) is 19.1. The Morgan fingerprint density at radius 3 is 2.00 bits per heavy atom. The normalized spacial score (nSPS) is 10.7. The SMILES string of the molecule is O=C(ONC(=O)c1ccccc1NS(=O)(=O)c1ccccc1)c1ccccc1. The van der Waals surface area contributed by atoms with E-state index in [4.69, 9.17) is 4.84 Å². The predicted octanol–water partition coefficient (Wildman–Crippen LogP) is 2.99. The minimum absolute atomic E-state index is 0.00266. The van der Waals surface area contributed by atoms with Crippen LogP contribution in [0.1, 0.15) is 20.7 Å². The third-order valence-corrected chi connectivity index (χ3v) is 5.10. The summed E-state index contributed by atoms with van der Waals surface area (Å²) < 4.78 is 27.4. The standard InChI is InChI=1S/C20H16N2O5S/c23-19(21-27-20(24)15-9-3-1-4-10-15)17-13-7-8-14-18(17)22-28(25,26)16-11-5-2-6-12-16/h1-14,22H,(H,21,23). The number of nitrogens with one attached hydrogen (secondary N) is 2.